The Bertz CT molecular complexity index is 636. The highest BCUT2D eigenvalue weighted by Crippen LogP contribution is 2.13. The van der Waals surface area contributed by atoms with Gasteiger partial charge in [0, 0.05) is 28.8 Å². The number of aliphatic imine (C=N–C) groups is 1. The number of nitrogen functional groups attached to an aromatic ring is 3. The molecule has 20 heavy (non-hydrogen) atoms. The Morgan fingerprint density at radius 1 is 0.850 bits per heavy atom. The molecule has 0 spiro atoms. The van der Waals surface area contributed by atoms with Gasteiger partial charge in [0.15, 0.2) is 0 Å². The maximum atomic E-state index is 5.89. The Kier molecular flexibility index (Phi) is 3.91. The summed E-state index contributed by atoms with van der Waals surface area (Å²) in [5, 5.41) is 0. The molecule has 0 amide bonds. The Morgan fingerprint density at radius 2 is 1.45 bits per heavy atom. The van der Waals surface area contributed by atoms with Crippen molar-refractivity contribution in [3.63, 3.8) is 0 Å². The van der Waals surface area contributed by atoms with Gasteiger partial charge in [-0.15, -0.1) is 0 Å². The van der Waals surface area contributed by atoms with Crippen LogP contribution in [0.1, 0.15) is 11.1 Å². The van der Waals surface area contributed by atoms with Crippen LogP contribution in [0.4, 0.5) is 17.1 Å². The van der Waals surface area contributed by atoms with Crippen LogP contribution in [0.3, 0.4) is 0 Å². The van der Waals surface area contributed by atoms with Gasteiger partial charge in [-0.05, 0) is 42.0 Å². The highest BCUT2D eigenvalue weighted by molar-refractivity contribution is 5.99. The zero-order valence-corrected chi connectivity index (χ0v) is 11.0. The Hall–Kier alpha value is -2.95. The van der Waals surface area contributed by atoms with Crippen molar-refractivity contribution in [2.24, 2.45) is 10.7 Å². The number of hydrogen-bond donors (Lipinski definition) is 4. The maximum absolute atomic E-state index is 5.89. The quantitative estimate of drug-likeness (QED) is 0.385. The molecule has 5 nitrogen and oxygen atoms in total. The molecule has 102 valence electrons. The third-order valence-electron chi connectivity index (χ3n) is 2.69. The molecule has 0 heterocycles. The summed E-state index contributed by atoms with van der Waals surface area (Å²) < 4.78 is 0. The minimum atomic E-state index is 0.357. The van der Waals surface area contributed by atoms with Gasteiger partial charge in [-0.1, -0.05) is 12.1 Å². The number of anilines is 3. The Morgan fingerprint density at radius 3 is 2.05 bits per heavy atom. The van der Waals surface area contributed by atoms with Gasteiger partial charge < -0.3 is 22.9 Å². The van der Waals surface area contributed by atoms with Gasteiger partial charge >= 0.3 is 0 Å². The SMILES string of the molecule is NC(=NC=Cc1ccc(N)cc1)c1cc(N)cc(N)c1. The summed E-state index contributed by atoms with van der Waals surface area (Å²) in [7, 11) is 0. The lowest BCUT2D eigenvalue weighted by Gasteiger charge is -2.03. The van der Waals surface area contributed by atoms with Crippen molar-refractivity contribution in [1.29, 1.82) is 0 Å². The lowest BCUT2D eigenvalue weighted by molar-refractivity contribution is 1.47. The first-order valence-corrected chi connectivity index (χ1v) is 6.06. The van der Waals surface area contributed by atoms with E-state index in [1.807, 2.05) is 30.3 Å². The molecule has 0 saturated carbocycles. The molecule has 2 rings (SSSR count). The van der Waals surface area contributed by atoms with Crippen molar-refractivity contribution in [2.45, 2.75) is 0 Å². The predicted molar refractivity (Wildman–Crippen MR) is 85.9 cm³/mol. The van der Waals surface area contributed by atoms with Gasteiger partial charge in [-0.2, -0.15) is 0 Å². The van der Waals surface area contributed by atoms with Crippen LogP contribution in [0.5, 0.6) is 0 Å². The number of rotatable bonds is 3. The second-order valence-electron chi connectivity index (χ2n) is 4.39. The fraction of sp³-hybridized carbons (Fsp3) is 0. The van der Waals surface area contributed by atoms with Gasteiger partial charge in [0.1, 0.15) is 5.84 Å². The lowest BCUT2D eigenvalue weighted by atomic mass is 10.1. The lowest BCUT2D eigenvalue weighted by Crippen LogP contribution is -2.13. The van der Waals surface area contributed by atoms with E-state index in [2.05, 4.69) is 4.99 Å². The minimum absolute atomic E-state index is 0.357. The van der Waals surface area contributed by atoms with Crippen molar-refractivity contribution >= 4 is 29.0 Å². The summed E-state index contributed by atoms with van der Waals surface area (Å²) in [6, 6.07) is 12.6. The normalized spacial score (nSPS) is 11.9. The summed E-state index contributed by atoms with van der Waals surface area (Å²) in [6.07, 6.45) is 3.46. The molecule has 0 radical (unpaired) electrons. The van der Waals surface area contributed by atoms with Crippen molar-refractivity contribution in [2.75, 3.05) is 17.2 Å². The van der Waals surface area contributed by atoms with Crippen LogP contribution in [0, 0.1) is 0 Å². The summed E-state index contributed by atoms with van der Waals surface area (Å²) in [5.41, 5.74) is 26.4. The second-order valence-corrected chi connectivity index (χ2v) is 4.39. The van der Waals surface area contributed by atoms with Crippen LogP contribution >= 0.6 is 0 Å². The highest BCUT2D eigenvalue weighted by Gasteiger charge is 2.00. The van der Waals surface area contributed by atoms with Crippen LogP contribution in [0.2, 0.25) is 0 Å². The van der Waals surface area contributed by atoms with Gasteiger partial charge in [-0.25, -0.2) is 4.99 Å². The molecule has 0 aliphatic rings. The fourth-order valence-electron chi connectivity index (χ4n) is 1.71. The molecule has 0 aliphatic carbocycles. The number of nitrogens with zero attached hydrogens (tertiary/aromatic N) is 1. The van der Waals surface area contributed by atoms with Crippen molar-refractivity contribution in [1.82, 2.24) is 0 Å². The topological polar surface area (TPSA) is 116 Å². The summed E-state index contributed by atoms with van der Waals surface area (Å²) in [5.74, 6) is 0.357. The van der Waals surface area contributed by atoms with Crippen molar-refractivity contribution < 1.29 is 0 Å². The summed E-state index contributed by atoms with van der Waals surface area (Å²) in [6.45, 7) is 0. The largest absolute Gasteiger partial charge is 0.399 e. The average Bonchev–Trinajstić information content (AvgIpc) is 2.40. The first-order chi connectivity index (χ1) is 9.54. The first kappa shape index (κ1) is 13.5. The van der Waals surface area contributed by atoms with E-state index in [1.54, 1.807) is 24.4 Å². The van der Waals surface area contributed by atoms with Crippen LogP contribution in [-0.4, -0.2) is 5.84 Å². The molecule has 0 saturated heterocycles. The second kappa shape index (κ2) is 5.79. The van der Waals surface area contributed by atoms with Crippen LogP contribution < -0.4 is 22.9 Å². The predicted octanol–water partition coefficient (Wildman–Crippen LogP) is 1.81. The zero-order chi connectivity index (χ0) is 14.5. The molecule has 8 N–H and O–H groups in total. The number of amidine groups is 1. The number of hydrogen-bond acceptors (Lipinski definition) is 4. The third kappa shape index (κ3) is 3.52. The molecule has 0 unspecified atom stereocenters. The van der Waals surface area contributed by atoms with Crippen LogP contribution in [0.25, 0.3) is 6.08 Å². The molecule has 2 aromatic rings. The highest BCUT2D eigenvalue weighted by atomic mass is 14.8. The molecule has 2 aromatic carbocycles. The van der Waals surface area contributed by atoms with Crippen molar-refractivity contribution in [3.05, 3.63) is 59.8 Å². The smallest absolute Gasteiger partial charge is 0.130 e. The van der Waals surface area contributed by atoms with Crippen LogP contribution in [-0.2, 0) is 0 Å². The maximum Gasteiger partial charge on any atom is 0.130 e. The third-order valence-corrected chi connectivity index (χ3v) is 2.69. The monoisotopic (exact) mass is 267 g/mol. The summed E-state index contributed by atoms with van der Waals surface area (Å²) >= 11 is 0. The van der Waals surface area contributed by atoms with E-state index >= 15 is 0 Å². The molecule has 0 atom stereocenters. The summed E-state index contributed by atoms with van der Waals surface area (Å²) in [4.78, 5) is 4.17. The zero-order valence-electron chi connectivity index (χ0n) is 11.0. The molecule has 0 fully saturated rings. The van der Waals surface area contributed by atoms with Gasteiger partial charge in [0.2, 0.25) is 0 Å². The molecular formula is C15H17N5. The first-order valence-electron chi connectivity index (χ1n) is 6.06. The molecule has 0 aromatic heterocycles. The van der Waals surface area contributed by atoms with E-state index in [1.165, 1.54) is 0 Å². The van der Waals surface area contributed by atoms with E-state index in [9.17, 15) is 0 Å². The molecule has 0 bridgehead atoms. The van der Waals surface area contributed by atoms with E-state index in [0.29, 0.717) is 22.8 Å². The van der Waals surface area contributed by atoms with E-state index in [-0.39, 0.29) is 0 Å². The Balaban J connectivity index is 2.16. The number of benzene rings is 2. The number of nitrogens with two attached hydrogens (primary N) is 4. The van der Waals surface area contributed by atoms with Gasteiger partial charge in [0.25, 0.3) is 0 Å². The van der Waals surface area contributed by atoms with Gasteiger partial charge in [-0.3, -0.25) is 0 Å². The van der Waals surface area contributed by atoms with E-state index < -0.39 is 0 Å². The van der Waals surface area contributed by atoms with Gasteiger partial charge in [0.05, 0.1) is 0 Å². The van der Waals surface area contributed by atoms with Crippen LogP contribution in [0.15, 0.2) is 53.7 Å². The fourth-order valence-corrected chi connectivity index (χ4v) is 1.71. The van der Waals surface area contributed by atoms with E-state index in [4.69, 9.17) is 22.9 Å². The molecule has 0 aliphatic heterocycles. The van der Waals surface area contributed by atoms with E-state index in [0.717, 1.165) is 11.3 Å². The molecule has 5 heteroatoms. The Labute approximate surface area is 117 Å². The minimum Gasteiger partial charge on any atom is -0.399 e. The molecular weight excluding hydrogens is 250 g/mol. The average molecular weight is 267 g/mol. The standard InChI is InChI=1S/C15H17N5/c16-12-3-1-10(2-4-12)5-6-20-15(19)11-7-13(17)9-14(18)8-11/h1-9H,16-18H2,(H2,19,20). The van der Waals surface area contributed by atoms with Crippen molar-refractivity contribution in [3.8, 4) is 0 Å².